The molecule has 1 rings (SSSR count). The SMILES string of the molecule is [C-]#[N+]CCc1cncc(C)c1. The van der Waals surface area contributed by atoms with Gasteiger partial charge in [0.05, 0.1) is 0 Å². The fourth-order valence-electron chi connectivity index (χ4n) is 0.939. The van der Waals surface area contributed by atoms with E-state index in [1.807, 2.05) is 19.3 Å². The van der Waals surface area contributed by atoms with Crippen LogP contribution in [0, 0.1) is 13.5 Å². The van der Waals surface area contributed by atoms with E-state index in [2.05, 4.69) is 15.9 Å². The second-order valence-electron chi connectivity index (χ2n) is 2.50. The van der Waals surface area contributed by atoms with Crippen molar-refractivity contribution in [1.82, 2.24) is 4.98 Å². The lowest BCUT2D eigenvalue weighted by Gasteiger charge is -1.95. The first-order valence-corrected chi connectivity index (χ1v) is 3.56. The number of aromatic nitrogens is 1. The van der Waals surface area contributed by atoms with Gasteiger partial charge in [0.25, 0.3) is 0 Å². The Morgan fingerprint density at radius 2 is 2.36 bits per heavy atom. The summed E-state index contributed by atoms with van der Waals surface area (Å²) in [4.78, 5) is 7.32. The Balaban J connectivity index is 2.65. The minimum atomic E-state index is 0.561. The molecule has 0 saturated carbocycles. The van der Waals surface area contributed by atoms with Gasteiger partial charge in [0.15, 0.2) is 0 Å². The summed E-state index contributed by atoms with van der Waals surface area (Å²) in [5, 5.41) is 0. The summed E-state index contributed by atoms with van der Waals surface area (Å²) in [6, 6.07) is 2.07. The van der Waals surface area contributed by atoms with Crippen molar-refractivity contribution in [3.63, 3.8) is 0 Å². The Bertz CT molecular complexity index is 273. The Kier molecular flexibility index (Phi) is 2.62. The predicted octanol–water partition coefficient (Wildman–Crippen LogP) is 1.85. The lowest BCUT2D eigenvalue weighted by atomic mass is 10.2. The number of nitrogens with zero attached hydrogens (tertiary/aromatic N) is 2. The van der Waals surface area contributed by atoms with Gasteiger partial charge in [-0.3, -0.25) is 4.98 Å². The maximum atomic E-state index is 6.61. The average Bonchev–Trinajstić information content (AvgIpc) is 2.01. The van der Waals surface area contributed by atoms with Crippen LogP contribution in [0.3, 0.4) is 0 Å². The van der Waals surface area contributed by atoms with Crippen LogP contribution in [0.5, 0.6) is 0 Å². The average molecular weight is 146 g/mol. The van der Waals surface area contributed by atoms with Gasteiger partial charge < -0.3 is 4.85 Å². The van der Waals surface area contributed by atoms with Crippen molar-refractivity contribution in [2.75, 3.05) is 6.54 Å². The normalized spacial score (nSPS) is 9.09. The van der Waals surface area contributed by atoms with Gasteiger partial charge in [0.1, 0.15) is 0 Å². The number of hydrogen-bond donors (Lipinski definition) is 0. The van der Waals surface area contributed by atoms with Gasteiger partial charge in [0.2, 0.25) is 6.54 Å². The fourth-order valence-corrected chi connectivity index (χ4v) is 0.939. The molecule has 1 heterocycles. The molecule has 1 aromatic heterocycles. The molecule has 0 fully saturated rings. The fraction of sp³-hybridized carbons (Fsp3) is 0.333. The second-order valence-corrected chi connectivity index (χ2v) is 2.50. The molecule has 0 spiro atoms. The summed E-state index contributed by atoms with van der Waals surface area (Å²) in [5.41, 5.74) is 2.31. The van der Waals surface area contributed by atoms with E-state index in [-0.39, 0.29) is 0 Å². The van der Waals surface area contributed by atoms with Crippen molar-refractivity contribution in [2.45, 2.75) is 13.3 Å². The van der Waals surface area contributed by atoms with E-state index in [9.17, 15) is 0 Å². The van der Waals surface area contributed by atoms with Gasteiger partial charge in [-0.05, 0) is 18.1 Å². The monoisotopic (exact) mass is 146 g/mol. The van der Waals surface area contributed by atoms with Crippen LogP contribution < -0.4 is 0 Å². The molecule has 0 N–H and O–H groups in total. The molecule has 56 valence electrons. The van der Waals surface area contributed by atoms with Crippen molar-refractivity contribution in [3.8, 4) is 0 Å². The van der Waals surface area contributed by atoms with Crippen LogP contribution in [-0.2, 0) is 6.42 Å². The summed E-state index contributed by atoms with van der Waals surface area (Å²) in [7, 11) is 0. The third-order valence-electron chi connectivity index (χ3n) is 1.44. The van der Waals surface area contributed by atoms with Crippen molar-refractivity contribution in [1.29, 1.82) is 0 Å². The van der Waals surface area contributed by atoms with Crippen LogP contribution in [0.1, 0.15) is 11.1 Å². The minimum Gasteiger partial charge on any atom is -0.317 e. The van der Waals surface area contributed by atoms with Crippen LogP contribution in [0.15, 0.2) is 18.5 Å². The zero-order valence-corrected chi connectivity index (χ0v) is 6.54. The molecule has 0 amide bonds. The highest BCUT2D eigenvalue weighted by Crippen LogP contribution is 2.01. The van der Waals surface area contributed by atoms with Crippen LogP contribution in [0.2, 0.25) is 0 Å². The molecule has 0 aliphatic rings. The van der Waals surface area contributed by atoms with Gasteiger partial charge in [-0.2, -0.15) is 0 Å². The van der Waals surface area contributed by atoms with E-state index >= 15 is 0 Å². The minimum absolute atomic E-state index is 0.561. The Hall–Kier alpha value is -1.36. The van der Waals surface area contributed by atoms with Crippen molar-refractivity contribution >= 4 is 0 Å². The molecular weight excluding hydrogens is 136 g/mol. The van der Waals surface area contributed by atoms with Gasteiger partial charge in [-0.25, -0.2) is 6.57 Å². The molecule has 0 atom stereocenters. The van der Waals surface area contributed by atoms with Gasteiger partial charge in [0, 0.05) is 18.8 Å². The molecule has 0 aromatic carbocycles. The summed E-state index contributed by atoms with van der Waals surface area (Å²) < 4.78 is 0. The topological polar surface area (TPSA) is 17.2 Å². The van der Waals surface area contributed by atoms with Gasteiger partial charge in [-0.15, -0.1) is 0 Å². The zero-order chi connectivity index (χ0) is 8.10. The molecule has 0 unspecified atom stereocenters. The number of rotatable bonds is 2. The number of pyridine rings is 1. The molecule has 11 heavy (non-hydrogen) atoms. The Morgan fingerprint density at radius 1 is 1.55 bits per heavy atom. The quantitative estimate of drug-likeness (QED) is 0.582. The molecule has 2 nitrogen and oxygen atoms in total. The van der Waals surface area contributed by atoms with Crippen LogP contribution in [-0.4, -0.2) is 11.5 Å². The molecule has 0 aliphatic heterocycles. The van der Waals surface area contributed by atoms with Crippen LogP contribution >= 0.6 is 0 Å². The lowest BCUT2D eigenvalue weighted by molar-refractivity contribution is 1.05. The molecule has 0 radical (unpaired) electrons. The van der Waals surface area contributed by atoms with Crippen LogP contribution in [0.25, 0.3) is 4.85 Å². The summed E-state index contributed by atoms with van der Waals surface area (Å²) in [6.45, 7) is 9.18. The molecule has 0 bridgehead atoms. The molecule has 0 aliphatic carbocycles. The first-order valence-electron chi connectivity index (χ1n) is 3.56. The Labute approximate surface area is 66.7 Å². The highest BCUT2D eigenvalue weighted by Gasteiger charge is 1.94. The van der Waals surface area contributed by atoms with Crippen LogP contribution in [0.4, 0.5) is 0 Å². The lowest BCUT2D eigenvalue weighted by Crippen LogP contribution is -1.89. The van der Waals surface area contributed by atoms with E-state index in [1.165, 1.54) is 0 Å². The first-order chi connectivity index (χ1) is 5.33. The summed E-state index contributed by atoms with van der Waals surface area (Å²) >= 11 is 0. The van der Waals surface area contributed by atoms with E-state index in [0.717, 1.165) is 17.5 Å². The highest BCUT2D eigenvalue weighted by atomic mass is 14.6. The largest absolute Gasteiger partial charge is 0.317 e. The van der Waals surface area contributed by atoms with E-state index < -0.39 is 0 Å². The molecule has 2 heteroatoms. The highest BCUT2D eigenvalue weighted by molar-refractivity contribution is 5.17. The van der Waals surface area contributed by atoms with Crippen molar-refractivity contribution in [3.05, 3.63) is 41.0 Å². The van der Waals surface area contributed by atoms with Crippen molar-refractivity contribution < 1.29 is 0 Å². The van der Waals surface area contributed by atoms with Gasteiger partial charge >= 0.3 is 0 Å². The van der Waals surface area contributed by atoms with E-state index in [4.69, 9.17) is 6.57 Å². The summed E-state index contributed by atoms with van der Waals surface area (Å²) in [6.07, 6.45) is 4.46. The van der Waals surface area contributed by atoms with E-state index in [1.54, 1.807) is 0 Å². The third-order valence-corrected chi connectivity index (χ3v) is 1.44. The Morgan fingerprint density at radius 3 is 3.00 bits per heavy atom. The zero-order valence-electron chi connectivity index (χ0n) is 6.54. The molecular formula is C9H10N2. The van der Waals surface area contributed by atoms with Crippen molar-refractivity contribution in [2.24, 2.45) is 0 Å². The molecule has 0 saturated heterocycles. The first kappa shape index (κ1) is 7.74. The maximum absolute atomic E-state index is 6.61. The predicted molar refractivity (Wildman–Crippen MR) is 44.1 cm³/mol. The van der Waals surface area contributed by atoms with E-state index in [0.29, 0.717) is 6.54 Å². The van der Waals surface area contributed by atoms with Gasteiger partial charge in [-0.1, -0.05) is 6.07 Å². The maximum Gasteiger partial charge on any atom is 0.218 e. The number of hydrogen-bond acceptors (Lipinski definition) is 1. The standard InChI is InChI=1S/C9H10N2/c1-8-5-9(3-4-10-2)7-11-6-8/h5-7H,3-4H2,1H3. The summed E-state index contributed by atoms with van der Waals surface area (Å²) in [5.74, 6) is 0. The second kappa shape index (κ2) is 3.72. The number of aryl methyl sites for hydroxylation is 1. The molecule has 1 aromatic rings. The third kappa shape index (κ3) is 2.38. The smallest absolute Gasteiger partial charge is 0.218 e.